The lowest BCUT2D eigenvalue weighted by Crippen LogP contribution is -2.25. The van der Waals surface area contributed by atoms with Gasteiger partial charge in [0, 0.05) is 0 Å². The molecule has 0 aliphatic carbocycles. The fourth-order valence-corrected chi connectivity index (χ4v) is 1.22. The van der Waals surface area contributed by atoms with Crippen LogP contribution in [0.25, 0.3) is 5.53 Å². The van der Waals surface area contributed by atoms with Crippen LogP contribution >= 0.6 is 0 Å². The molecule has 0 amide bonds. The summed E-state index contributed by atoms with van der Waals surface area (Å²) >= 11 is 0. The van der Waals surface area contributed by atoms with Crippen molar-refractivity contribution in [2.75, 3.05) is 6.61 Å². The van der Waals surface area contributed by atoms with E-state index < -0.39 is 23.6 Å². The van der Waals surface area contributed by atoms with E-state index in [0.29, 0.717) is 0 Å². The maximum Gasteiger partial charge on any atom is 0.420 e. The van der Waals surface area contributed by atoms with Gasteiger partial charge in [0.1, 0.15) is 5.82 Å². The lowest BCUT2D eigenvalue weighted by molar-refractivity contribution is -0.141. The third kappa shape index (κ3) is 3.21. The van der Waals surface area contributed by atoms with Gasteiger partial charge in [-0.05, 0) is 24.6 Å². The van der Waals surface area contributed by atoms with Gasteiger partial charge in [-0.25, -0.2) is 9.18 Å². The van der Waals surface area contributed by atoms with Crippen LogP contribution in [0.5, 0.6) is 0 Å². The Kier molecular flexibility index (Phi) is 4.51. The number of halogens is 1. The van der Waals surface area contributed by atoms with Crippen LogP contribution in [0, 0.1) is 5.82 Å². The van der Waals surface area contributed by atoms with Crippen LogP contribution in [0.2, 0.25) is 0 Å². The number of hydrogen-bond acceptors (Lipinski definition) is 3. The summed E-state index contributed by atoms with van der Waals surface area (Å²) in [5.74, 6) is -1.40. The Bertz CT molecular complexity index is 452. The van der Waals surface area contributed by atoms with Gasteiger partial charge >= 0.3 is 11.7 Å². The van der Waals surface area contributed by atoms with Crippen molar-refractivity contribution in [1.29, 1.82) is 0 Å². The second kappa shape index (κ2) is 5.89. The fourth-order valence-electron chi connectivity index (χ4n) is 1.22. The molecule has 5 nitrogen and oxygen atoms in total. The van der Waals surface area contributed by atoms with Crippen LogP contribution < -0.4 is 0 Å². The number of ether oxygens (including phenoxy) is 1. The minimum absolute atomic E-state index is 0.0913. The Labute approximate surface area is 97.1 Å². The van der Waals surface area contributed by atoms with Crippen molar-refractivity contribution in [1.82, 2.24) is 0 Å². The maximum atomic E-state index is 12.7. The third-order valence-electron chi connectivity index (χ3n) is 2.04. The zero-order chi connectivity index (χ0) is 12.8. The van der Waals surface area contributed by atoms with E-state index in [9.17, 15) is 14.3 Å². The van der Waals surface area contributed by atoms with E-state index in [1.165, 1.54) is 12.1 Å². The largest absolute Gasteiger partial charge is 0.457 e. The normalized spacial score (nSPS) is 11.5. The second-order valence-corrected chi connectivity index (χ2v) is 3.16. The van der Waals surface area contributed by atoms with E-state index in [1.54, 1.807) is 6.92 Å². The number of nitrogens with zero attached hydrogens (tertiary/aromatic N) is 2. The maximum absolute atomic E-state index is 12.7. The Hall–Kier alpha value is -2.04. The van der Waals surface area contributed by atoms with Gasteiger partial charge in [0.05, 0.1) is 6.61 Å². The molecule has 0 aliphatic rings. The van der Waals surface area contributed by atoms with Crippen molar-refractivity contribution in [3.8, 4) is 0 Å². The number of carbonyl (C=O) groups is 1. The molecular weight excluding hydrogens is 227 g/mol. The quantitative estimate of drug-likeness (QED) is 0.369. The standard InChI is InChI=1S/C11H11FN2O3/c1-2-17-11(16)9(14-13)10(15)7-3-5-8(12)6-4-7/h3-6,10,15H,2H2,1H3/t10-/m1/s1. The van der Waals surface area contributed by atoms with Crippen LogP contribution in [0.3, 0.4) is 0 Å². The number of aliphatic hydroxyl groups is 1. The zero-order valence-electron chi connectivity index (χ0n) is 9.13. The van der Waals surface area contributed by atoms with Gasteiger partial charge in [0.25, 0.3) is 0 Å². The Morgan fingerprint density at radius 3 is 2.59 bits per heavy atom. The minimum atomic E-state index is -1.46. The highest BCUT2D eigenvalue weighted by molar-refractivity contribution is 6.35. The molecule has 0 fully saturated rings. The van der Waals surface area contributed by atoms with Gasteiger partial charge in [-0.2, -0.15) is 4.79 Å². The number of carbonyl (C=O) groups excluding carboxylic acids is 1. The first-order valence-corrected chi connectivity index (χ1v) is 4.92. The SMILES string of the molecule is CCOC(=O)C(=[N+]=[N-])[C@H](O)c1ccc(F)cc1. The molecule has 0 aliphatic heterocycles. The number of benzene rings is 1. The van der Waals surface area contributed by atoms with Gasteiger partial charge in [0.2, 0.25) is 0 Å². The zero-order valence-corrected chi connectivity index (χ0v) is 9.13. The molecule has 1 aromatic rings. The summed E-state index contributed by atoms with van der Waals surface area (Å²) in [6.07, 6.45) is -1.46. The summed E-state index contributed by atoms with van der Waals surface area (Å²) in [4.78, 5) is 14.0. The molecule has 0 heterocycles. The van der Waals surface area contributed by atoms with E-state index in [1.807, 2.05) is 0 Å². The highest BCUT2D eigenvalue weighted by Crippen LogP contribution is 2.15. The van der Waals surface area contributed by atoms with Crippen molar-refractivity contribution < 1.29 is 23.8 Å². The lowest BCUT2D eigenvalue weighted by Gasteiger charge is -2.05. The Morgan fingerprint density at radius 1 is 1.53 bits per heavy atom. The minimum Gasteiger partial charge on any atom is -0.457 e. The molecule has 0 spiro atoms. The summed E-state index contributed by atoms with van der Waals surface area (Å²) in [7, 11) is 0. The van der Waals surface area contributed by atoms with Crippen molar-refractivity contribution >= 4 is 11.7 Å². The van der Waals surface area contributed by atoms with Gasteiger partial charge in [-0.1, -0.05) is 12.1 Å². The summed E-state index contributed by atoms with van der Waals surface area (Å²) < 4.78 is 17.3. The van der Waals surface area contributed by atoms with Gasteiger partial charge in [0.15, 0.2) is 6.10 Å². The molecule has 0 unspecified atom stereocenters. The van der Waals surface area contributed by atoms with E-state index in [0.717, 1.165) is 12.1 Å². The molecule has 1 atom stereocenters. The summed E-state index contributed by atoms with van der Waals surface area (Å²) in [6.45, 7) is 1.67. The second-order valence-electron chi connectivity index (χ2n) is 3.16. The highest BCUT2D eigenvalue weighted by Gasteiger charge is 2.32. The first kappa shape index (κ1) is 13.0. The number of rotatable bonds is 4. The summed E-state index contributed by atoms with van der Waals surface area (Å²) in [5, 5.41) is 9.75. The molecule has 1 N–H and O–H groups in total. The third-order valence-corrected chi connectivity index (χ3v) is 2.04. The van der Waals surface area contributed by atoms with Crippen LogP contribution in [-0.4, -0.2) is 28.2 Å². The molecule has 0 saturated carbocycles. The van der Waals surface area contributed by atoms with Crippen LogP contribution in [0.4, 0.5) is 4.39 Å². The predicted molar refractivity (Wildman–Crippen MR) is 56.6 cm³/mol. The lowest BCUT2D eigenvalue weighted by atomic mass is 10.1. The fraction of sp³-hybridized carbons (Fsp3) is 0.273. The smallest absolute Gasteiger partial charge is 0.420 e. The molecule has 0 aromatic heterocycles. The Morgan fingerprint density at radius 2 is 2.12 bits per heavy atom. The van der Waals surface area contributed by atoms with Gasteiger partial charge in [-0.15, -0.1) is 0 Å². The van der Waals surface area contributed by atoms with E-state index in [-0.39, 0.29) is 12.2 Å². The monoisotopic (exact) mass is 238 g/mol. The van der Waals surface area contributed by atoms with Crippen LogP contribution in [0.15, 0.2) is 24.3 Å². The predicted octanol–water partition coefficient (Wildman–Crippen LogP) is 1.09. The van der Waals surface area contributed by atoms with Crippen molar-refractivity contribution in [3.63, 3.8) is 0 Å². The topological polar surface area (TPSA) is 82.9 Å². The number of aliphatic hydroxyl groups excluding tert-OH is 1. The van der Waals surface area contributed by atoms with E-state index in [2.05, 4.69) is 9.53 Å². The molecule has 17 heavy (non-hydrogen) atoms. The number of esters is 1. The number of hydrogen-bond donors (Lipinski definition) is 1. The highest BCUT2D eigenvalue weighted by atomic mass is 19.1. The molecule has 0 bridgehead atoms. The van der Waals surface area contributed by atoms with E-state index in [4.69, 9.17) is 5.53 Å². The molecule has 1 rings (SSSR count). The van der Waals surface area contributed by atoms with E-state index >= 15 is 0 Å². The molecule has 0 radical (unpaired) electrons. The first-order chi connectivity index (χ1) is 8.10. The van der Waals surface area contributed by atoms with Crippen molar-refractivity contribution in [2.24, 2.45) is 0 Å². The Balaban J connectivity index is 2.94. The van der Waals surface area contributed by atoms with Crippen LogP contribution in [0.1, 0.15) is 18.6 Å². The molecule has 1 aromatic carbocycles. The van der Waals surface area contributed by atoms with Crippen molar-refractivity contribution in [3.05, 3.63) is 41.2 Å². The van der Waals surface area contributed by atoms with Crippen LogP contribution in [-0.2, 0) is 9.53 Å². The molecular formula is C11H11FN2O3. The molecule has 6 heteroatoms. The summed E-state index contributed by atoms with van der Waals surface area (Å²) in [5.41, 5.74) is 8.35. The van der Waals surface area contributed by atoms with Gasteiger partial charge < -0.3 is 15.4 Å². The van der Waals surface area contributed by atoms with Gasteiger partial charge in [-0.3, -0.25) is 0 Å². The molecule has 90 valence electrons. The average molecular weight is 238 g/mol. The summed E-state index contributed by atoms with van der Waals surface area (Å²) in [6, 6.07) is 4.81. The molecule has 0 saturated heterocycles. The average Bonchev–Trinajstić information content (AvgIpc) is 2.31. The first-order valence-electron chi connectivity index (χ1n) is 4.92. The van der Waals surface area contributed by atoms with Crippen molar-refractivity contribution in [2.45, 2.75) is 13.0 Å².